The van der Waals surface area contributed by atoms with Crippen LogP contribution in [0.15, 0.2) is 54.9 Å². The number of pyridine rings is 1. The van der Waals surface area contributed by atoms with Crippen LogP contribution in [0.4, 0.5) is 0 Å². The third-order valence-corrected chi connectivity index (χ3v) is 4.22. The molecule has 2 nitrogen and oxygen atoms in total. The van der Waals surface area contributed by atoms with Crippen LogP contribution in [0.1, 0.15) is 30.7 Å². The van der Waals surface area contributed by atoms with Gasteiger partial charge in [0.05, 0.1) is 5.52 Å². The van der Waals surface area contributed by atoms with Gasteiger partial charge in [0.2, 0.25) is 0 Å². The van der Waals surface area contributed by atoms with Gasteiger partial charge in [-0.1, -0.05) is 30.7 Å². The van der Waals surface area contributed by atoms with Crippen molar-refractivity contribution in [2.75, 3.05) is 0 Å². The lowest BCUT2D eigenvalue weighted by Crippen LogP contribution is -2.09. The van der Waals surface area contributed by atoms with Crippen LogP contribution in [0.25, 0.3) is 16.6 Å². The quantitative estimate of drug-likeness (QED) is 0.662. The molecule has 0 radical (unpaired) electrons. The van der Waals surface area contributed by atoms with E-state index in [1.54, 1.807) is 0 Å². The Morgan fingerprint density at radius 1 is 1.05 bits per heavy atom. The third kappa shape index (κ3) is 1.75. The van der Waals surface area contributed by atoms with Crippen molar-refractivity contribution in [1.29, 1.82) is 0 Å². The Kier molecular flexibility index (Phi) is 2.41. The standard InChI is InChI=1S/C17H16N2/c1-2-7-17(16(6-1)13-4-3-5-13)14-9-11-19-15(12-14)8-10-18-19/h1-2,6-13H,3-5H2. The Hall–Kier alpha value is -2.09. The van der Waals surface area contributed by atoms with E-state index < -0.39 is 0 Å². The van der Waals surface area contributed by atoms with Crippen molar-refractivity contribution in [3.05, 3.63) is 60.4 Å². The maximum atomic E-state index is 4.26. The number of fused-ring (bicyclic) bond motifs is 1. The smallest absolute Gasteiger partial charge is 0.0667 e. The second kappa shape index (κ2) is 4.23. The summed E-state index contributed by atoms with van der Waals surface area (Å²) in [6.07, 6.45) is 7.94. The van der Waals surface area contributed by atoms with Gasteiger partial charge >= 0.3 is 0 Å². The Bertz CT molecular complexity index is 723. The summed E-state index contributed by atoms with van der Waals surface area (Å²) in [6.45, 7) is 0. The van der Waals surface area contributed by atoms with Crippen molar-refractivity contribution in [3.63, 3.8) is 0 Å². The highest BCUT2D eigenvalue weighted by Gasteiger charge is 2.22. The maximum absolute atomic E-state index is 4.26. The highest BCUT2D eigenvalue weighted by molar-refractivity contribution is 5.72. The molecule has 4 rings (SSSR count). The molecule has 2 aromatic heterocycles. The molecule has 0 N–H and O–H groups in total. The lowest BCUT2D eigenvalue weighted by Gasteiger charge is -2.28. The molecule has 1 saturated carbocycles. The number of hydrogen-bond acceptors (Lipinski definition) is 1. The van der Waals surface area contributed by atoms with Crippen LogP contribution < -0.4 is 0 Å². The minimum atomic E-state index is 0.761. The topological polar surface area (TPSA) is 17.3 Å². The molecule has 0 atom stereocenters. The van der Waals surface area contributed by atoms with Crippen LogP contribution in [0.2, 0.25) is 0 Å². The predicted molar refractivity (Wildman–Crippen MR) is 77.2 cm³/mol. The maximum Gasteiger partial charge on any atom is 0.0667 e. The summed E-state index contributed by atoms with van der Waals surface area (Å²) in [4.78, 5) is 0. The fourth-order valence-corrected chi connectivity index (χ4v) is 2.92. The molecule has 0 unspecified atom stereocenters. The molecule has 0 bridgehead atoms. The van der Waals surface area contributed by atoms with Gasteiger partial charge in [-0.05, 0) is 53.6 Å². The SMILES string of the molecule is c1ccc(C2CCC2)c(-c2ccn3nccc3c2)c1. The van der Waals surface area contributed by atoms with Crippen molar-refractivity contribution in [1.82, 2.24) is 9.61 Å². The van der Waals surface area contributed by atoms with Crippen LogP contribution in [0, 0.1) is 0 Å². The predicted octanol–water partition coefficient (Wildman–Crippen LogP) is 4.27. The van der Waals surface area contributed by atoms with E-state index in [-0.39, 0.29) is 0 Å². The van der Waals surface area contributed by atoms with Gasteiger partial charge in [-0.3, -0.25) is 0 Å². The molecule has 1 aliphatic rings. The van der Waals surface area contributed by atoms with Crippen LogP contribution in [-0.2, 0) is 0 Å². The van der Waals surface area contributed by atoms with Crippen molar-refractivity contribution >= 4 is 5.52 Å². The number of aromatic nitrogens is 2. The molecule has 0 aliphatic heterocycles. The van der Waals surface area contributed by atoms with Gasteiger partial charge in [0.15, 0.2) is 0 Å². The average molecular weight is 248 g/mol. The largest absolute Gasteiger partial charge is 0.241 e. The minimum absolute atomic E-state index is 0.761. The summed E-state index contributed by atoms with van der Waals surface area (Å²) < 4.78 is 1.91. The fourth-order valence-electron chi connectivity index (χ4n) is 2.92. The van der Waals surface area contributed by atoms with Crippen molar-refractivity contribution in [2.45, 2.75) is 25.2 Å². The number of nitrogens with zero attached hydrogens (tertiary/aromatic N) is 2. The second-order valence-electron chi connectivity index (χ2n) is 5.33. The molecular weight excluding hydrogens is 232 g/mol. The van der Waals surface area contributed by atoms with Crippen LogP contribution in [0.5, 0.6) is 0 Å². The average Bonchev–Trinajstić information content (AvgIpc) is 2.84. The van der Waals surface area contributed by atoms with Gasteiger partial charge in [0.25, 0.3) is 0 Å². The fraction of sp³-hybridized carbons (Fsp3) is 0.235. The molecule has 19 heavy (non-hydrogen) atoms. The lowest BCUT2D eigenvalue weighted by molar-refractivity contribution is 0.420. The summed E-state index contributed by atoms with van der Waals surface area (Å²) in [5, 5.41) is 4.26. The molecule has 94 valence electrons. The van der Waals surface area contributed by atoms with E-state index >= 15 is 0 Å². The van der Waals surface area contributed by atoms with E-state index in [4.69, 9.17) is 0 Å². The molecule has 0 saturated heterocycles. The molecule has 3 aromatic rings. The van der Waals surface area contributed by atoms with Gasteiger partial charge < -0.3 is 0 Å². The number of benzene rings is 1. The first-order valence-electron chi connectivity index (χ1n) is 6.94. The summed E-state index contributed by atoms with van der Waals surface area (Å²) in [7, 11) is 0. The van der Waals surface area contributed by atoms with E-state index in [0.717, 1.165) is 11.4 Å². The summed E-state index contributed by atoms with van der Waals surface area (Å²) in [5.74, 6) is 0.761. The van der Waals surface area contributed by atoms with Gasteiger partial charge in [0.1, 0.15) is 0 Å². The van der Waals surface area contributed by atoms with E-state index in [1.807, 2.05) is 16.9 Å². The van der Waals surface area contributed by atoms with E-state index in [1.165, 1.54) is 36.0 Å². The van der Waals surface area contributed by atoms with E-state index in [9.17, 15) is 0 Å². The summed E-state index contributed by atoms with van der Waals surface area (Å²) in [5.41, 5.74) is 5.35. The molecule has 0 spiro atoms. The van der Waals surface area contributed by atoms with Gasteiger partial charge in [-0.15, -0.1) is 0 Å². The van der Waals surface area contributed by atoms with Gasteiger partial charge in [0, 0.05) is 12.4 Å². The Morgan fingerprint density at radius 2 is 1.95 bits per heavy atom. The first-order valence-corrected chi connectivity index (χ1v) is 6.94. The van der Waals surface area contributed by atoms with Crippen molar-refractivity contribution in [3.8, 4) is 11.1 Å². The van der Waals surface area contributed by atoms with E-state index in [2.05, 4.69) is 47.6 Å². The Labute approximate surface area is 112 Å². The zero-order valence-electron chi connectivity index (χ0n) is 10.8. The van der Waals surface area contributed by atoms with Crippen molar-refractivity contribution < 1.29 is 0 Å². The Morgan fingerprint density at radius 3 is 2.79 bits per heavy atom. The molecule has 0 amide bonds. The normalized spacial score (nSPS) is 15.6. The zero-order valence-corrected chi connectivity index (χ0v) is 10.8. The van der Waals surface area contributed by atoms with Crippen LogP contribution >= 0.6 is 0 Å². The Balaban J connectivity index is 1.86. The first-order chi connectivity index (χ1) is 9.42. The molecule has 1 fully saturated rings. The number of hydrogen-bond donors (Lipinski definition) is 0. The van der Waals surface area contributed by atoms with Gasteiger partial charge in [-0.25, -0.2) is 4.52 Å². The molecule has 1 aliphatic carbocycles. The summed E-state index contributed by atoms with van der Waals surface area (Å²) >= 11 is 0. The monoisotopic (exact) mass is 248 g/mol. The minimum Gasteiger partial charge on any atom is -0.241 e. The summed E-state index contributed by atoms with van der Waals surface area (Å²) in [6, 6.07) is 15.3. The molecule has 2 heteroatoms. The zero-order chi connectivity index (χ0) is 12.7. The number of rotatable bonds is 2. The highest BCUT2D eigenvalue weighted by atomic mass is 15.2. The van der Waals surface area contributed by atoms with Crippen LogP contribution in [0.3, 0.4) is 0 Å². The lowest BCUT2D eigenvalue weighted by atomic mass is 9.77. The molecule has 1 aromatic carbocycles. The first kappa shape index (κ1) is 10.8. The van der Waals surface area contributed by atoms with Crippen molar-refractivity contribution in [2.24, 2.45) is 0 Å². The highest BCUT2D eigenvalue weighted by Crippen LogP contribution is 2.41. The molecule has 2 heterocycles. The van der Waals surface area contributed by atoms with Crippen LogP contribution in [-0.4, -0.2) is 9.61 Å². The third-order valence-electron chi connectivity index (χ3n) is 4.22. The van der Waals surface area contributed by atoms with E-state index in [0.29, 0.717) is 0 Å². The second-order valence-corrected chi connectivity index (χ2v) is 5.33. The molecular formula is C17H16N2. The van der Waals surface area contributed by atoms with Gasteiger partial charge in [-0.2, -0.15) is 5.10 Å².